The molecular formula is C28H40O4. The average Bonchev–Trinajstić information content (AvgIpc) is 3.33. The van der Waals surface area contributed by atoms with Gasteiger partial charge in [-0.3, -0.25) is 4.79 Å². The van der Waals surface area contributed by atoms with Gasteiger partial charge in [-0.05, 0) is 92.1 Å². The van der Waals surface area contributed by atoms with E-state index < -0.39 is 12.2 Å². The molecule has 5 rings (SSSR count). The lowest BCUT2D eigenvalue weighted by Gasteiger charge is -2.44. The van der Waals surface area contributed by atoms with Crippen molar-refractivity contribution in [2.75, 3.05) is 0 Å². The van der Waals surface area contributed by atoms with Gasteiger partial charge in [-0.15, -0.1) is 0 Å². The highest BCUT2D eigenvalue weighted by molar-refractivity contribution is 5.81. The van der Waals surface area contributed by atoms with E-state index in [0.29, 0.717) is 36.0 Å². The molecule has 5 fully saturated rings. The molecular weight excluding hydrogens is 400 g/mol. The zero-order valence-electron chi connectivity index (χ0n) is 19.8. The Labute approximate surface area is 192 Å². The molecule has 4 saturated carbocycles. The number of carbonyl (C=O) groups is 1. The summed E-state index contributed by atoms with van der Waals surface area (Å²) in [6, 6.07) is 0. The van der Waals surface area contributed by atoms with Crippen LogP contribution in [-0.2, 0) is 9.53 Å². The third-order valence-electron chi connectivity index (χ3n) is 9.80. The van der Waals surface area contributed by atoms with Crippen LogP contribution in [0.3, 0.4) is 0 Å². The molecule has 4 heteroatoms. The van der Waals surface area contributed by atoms with Crippen LogP contribution in [0.2, 0.25) is 0 Å². The topological polar surface area (TPSA) is 66.8 Å². The highest BCUT2D eigenvalue weighted by Crippen LogP contribution is 2.61. The molecule has 7 atom stereocenters. The molecule has 0 amide bonds. The van der Waals surface area contributed by atoms with Crippen LogP contribution in [0, 0.1) is 28.6 Å². The summed E-state index contributed by atoms with van der Waals surface area (Å²) in [4.78, 5) is 12.2. The van der Waals surface area contributed by atoms with Gasteiger partial charge in [0.2, 0.25) is 0 Å². The fourth-order valence-electron chi connectivity index (χ4n) is 7.79. The van der Waals surface area contributed by atoms with E-state index in [4.69, 9.17) is 4.74 Å². The van der Waals surface area contributed by atoms with Crippen molar-refractivity contribution in [3.05, 3.63) is 35.5 Å². The second-order valence-corrected chi connectivity index (χ2v) is 11.9. The van der Waals surface area contributed by atoms with Crippen LogP contribution in [0.25, 0.3) is 0 Å². The number of fused-ring (bicyclic) bond motifs is 1. The van der Waals surface area contributed by atoms with Gasteiger partial charge in [-0.2, -0.15) is 0 Å². The van der Waals surface area contributed by atoms with Crippen molar-refractivity contribution in [1.82, 2.24) is 0 Å². The lowest BCUT2D eigenvalue weighted by atomic mass is 9.60. The number of esters is 1. The van der Waals surface area contributed by atoms with Crippen LogP contribution in [0.1, 0.15) is 84.5 Å². The highest BCUT2D eigenvalue weighted by atomic mass is 16.6. The van der Waals surface area contributed by atoms with Crippen molar-refractivity contribution < 1.29 is 19.7 Å². The van der Waals surface area contributed by atoms with Crippen LogP contribution in [0.15, 0.2) is 35.5 Å². The molecule has 4 nitrogen and oxygen atoms in total. The van der Waals surface area contributed by atoms with Gasteiger partial charge in [0.1, 0.15) is 6.10 Å². The van der Waals surface area contributed by atoms with Crippen LogP contribution in [0.5, 0.6) is 0 Å². The zero-order chi connectivity index (χ0) is 22.7. The van der Waals surface area contributed by atoms with E-state index in [1.165, 1.54) is 31.3 Å². The van der Waals surface area contributed by atoms with Crippen LogP contribution in [0.4, 0.5) is 0 Å². The predicted octanol–water partition coefficient (Wildman–Crippen LogP) is 5.25. The maximum absolute atomic E-state index is 12.2. The molecule has 0 radical (unpaired) electrons. The van der Waals surface area contributed by atoms with Gasteiger partial charge in [0.25, 0.3) is 0 Å². The summed E-state index contributed by atoms with van der Waals surface area (Å²) in [7, 11) is 0. The first kappa shape index (κ1) is 22.4. The van der Waals surface area contributed by atoms with Crippen LogP contribution < -0.4 is 0 Å². The SMILES string of the molecule is C=C1C(=CC=C2CCC[C@@]3(C)C2CC[C@@H]3[C@H](C)CC2CC3(CC3)C(=O)O2)C[C@@H](O)C[C@@H]1O. The Bertz CT molecular complexity index is 849. The molecule has 32 heavy (non-hydrogen) atoms. The Morgan fingerprint density at radius 3 is 2.72 bits per heavy atom. The summed E-state index contributed by atoms with van der Waals surface area (Å²) in [6.45, 7) is 8.95. The number of aliphatic hydroxyl groups is 2. The number of allylic oxidation sites excluding steroid dienone is 3. The van der Waals surface area contributed by atoms with Gasteiger partial charge in [-0.25, -0.2) is 0 Å². The summed E-state index contributed by atoms with van der Waals surface area (Å²) in [5.41, 5.74) is 3.52. The van der Waals surface area contributed by atoms with Gasteiger partial charge >= 0.3 is 5.97 Å². The number of hydrogen-bond acceptors (Lipinski definition) is 4. The van der Waals surface area contributed by atoms with Gasteiger partial charge < -0.3 is 14.9 Å². The molecule has 176 valence electrons. The maximum atomic E-state index is 12.2. The molecule has 0 aromatic heterocycles. The standard InChI is InChI=1S/C28H40O4/c1-17(13-22-16-28(11-12-28)26(31)32-22)23-8-9-24-19(5-4-10-27(23,24)3)6-7-20-14-21(29)15-25(30)18(20)2/h6-7,17,21-25,29-30H,2,4-5,8-16H2,1,3H3/t17-,21-,22?,23-,24?,25+,27-/m1/s1. The van der Waals surface area contributed by atoms with E-state index in [1.54, 1.807) is 0 Å². The van der Waals surface area contributed by atoms with Crippen molar-refractivity contribution in [1.29, 1.82) is 0 Å². The van der Waals surface area contributed by atoms with E-state index in [1.807, 2.05) is 0 Å². The van der Waals surface area contributed by atoms with Gasteiger partial charge in [-0.1, -0.05) is 38.2 Å². The van der Waals surface area contributed by atoms with Crippen molar-refractivity contribution in [3.8, 4) is 0 Å². The molecule has 2 N–H and O–H groups in total. The second kappa shape index (κ2) is 8.13. The van der Waals surface area contributed by atoms with E-state index in [2.05, 4.69) is 32.6 Å². The third-order valence-corrected chi connectivity index (χ3v) is 9.80. The average molecular weight is 441 g/mol. The molecule has 2 unspecified atom stereocenters. The van der Waals surface area contributed by atoms with Gasteiger partial charge in [0.15, 0.2) is 0 Å². The Hall–Kier alpha value is -1.39. The Morgan fingerprint density at radius 1 is 1.22 bits per heavy atom. The fourth-order valence-corrected chi connectivity index (χ4v) is 7.79. The van der Waals surface area contributed by atoms with Crippen molar-refractivity contribution in [2.24, 2.45) is 28.6 Å². The summed E-state index contributed by atoms with van der Waals surface area (Å²) < 4.78 is 5.79. The molecule has 0 bridgehead atoms. The van der Waals surface area contributed by atoms with E-state index in [-0.39, 0.29) is 17.5 Å². The largest absolute Gasteiger partial charge is 0.462 e. The number of hydrogen-bond donors (Lipinski definition) is 2. The van der Waals surface area contributed by atoms with Crippen molar-refractivity contribution >= 4 is 5.97 Å². The summed E-state index contributed by atoms with van der Waals surface area (Å²) in [6.07, 6.45) is 14.6. The normalized spacial score (nSPS) is 44.2. The van der Waals surface area contributed by atoms with E-state index in [0.717, 1.165) is 43.3 Å². The highest BCUT2D eigenvalue weighted by Gasteiger charge is 2.58. The van der Waals surface area contributed by atoms with Crippen LogP contribution in [-0.4, -0.2) is 34.5 Å². The van der Waals surface area contributed by atoms with E-state index in [9.17, 15) is 15.0 Å². The predicted molar refractivity (Wildman–Crippen MR) is 125 cm³/mol. The number of ether oxygens (including phenoxy) is 1. The zero-order valence-corrected chi connectivity index (χ0v) is 19.8. The lowest BCUT2D eigenvalue weighted by Crippen LogP contribution is -2.36. The molecule has 0 aromatic rings. The molecule has 1 heterocycles. The number of aliphatic hydroxyl groups excluding tert-OH is 2. The van der Waals surface area contributed by atoms with Crippen LogP contribution >= 0.6 is 0 Å². The molecule has 1 aliphatic heterocycles. The Kier molecular flexibility index (Phi) is 5.69. The monoisotopic (exact) mass is 440 g/mol. The van der Waals surface area contributed by atoms with E-state index >= 15 is 0 Å². The Balaban J connectivity index is 1.28. The number of rotatable bonds is 4. The smallest absolute Gasteiger partial charge is 0.312 e. The minimum absolute atomic E-state index is 0.0701. The maximum Gasteiger partial charge on any atom is 0.312 e. The van der Waals surface area contributed by atoms with Gasteiger partial charge in [0.05, 0.1) is 17.6 Å². The first-order valence-corrected chi connectivity index (χ1v) is 12.9. The third kappa shape index (κ3) is 3.81. The molecule has 1 saturated heterocycles. The fraction of sp³-hybridized carbons (Fsp3) is 0.750. The number of cyclic esters (lactones) is 1. The summed E-state index contributed by atoms with van der Waals surface area (Å²) in [5.74, 6) is 1.92. The Morgan fingerprint density at radius 2 is 2.00 bits per heavy atom. The van der Waals surface area contributed by atoms with Gasteiger partial charge in [0, 0.05) is 12.8 Å². The first-order valence-electron chi connectivity index (χ1n) is 12.9. The molecule has 4 aliphatic carbocycles. The summed E-state index contributed by atoms with van der Waals surface area (Å²) in [5, 5.41) is 20.2. The quantitative estimate of drug-likeness (QED) is 0.586. The number of carbonyl (C=O) groups excluding carboxylic acids is 1. The minimum atomic E-state index is -0.629. The lowest BCUT2D eigenvalue weighted by molar-refractivity contribution is -0.145. The molecule has 0 aromatic carbocycles. The minimum Gasteiger partial charge on any atom is -0.462 e. The second-order valence-electron chi connectivity index (χ2n) is 11.9. The van der Waals surface area contributed by atoms with Crippen molar-refractivity contribution in [2.45, 2.75) is 103 Å². The summed E-state index contributed by atoms with van der Waals surface area (Å²) >= 11 is 0. The van der Waals surface area contributed by atoms with Crippen molar-refractivity contribution in [3.63, 3.8) is 0 Å². The molecule has 5 aliphatic rings. The molecule has 1 spiro atoms. The first-order chi connectivity index (χ1) is 15.2.